The van der Waals surface area contributed by atoms with Gasteiger partial charge in [-0.25, -0.2) is 4.79 Å². The predicted molar refractivity (Wildman–Crippen MR) is 165 cm³/mol. The molecule has 0 saturated carbocycles. The summed E-state index contributed by atoms with van der Waals surface area (Å²) in [5.41, 5.74) is 6.28. The zero-order valence-corrected chi connectivity index (χ0v) is 25.3. The number of aromatic nitrogens is 4. The van der Waals surface area contributed by atoms with E-state index in [1.807, 2.05) is 41.2 Å². The molecule has 0 N–H and O–H groups in total. The highest BCUT2D eigenvalue weighted by molar-refractivity contribution is 7.99. The van der Waals surface area contributed by atoms with Gasteiger partial charge in [0.15, 0.2) is 0 Å². The molecular formula is C31H36N6O3S. The van der Waals surface area contributed by atoms with Crippen molar-refractivity contribution in [3.05, 3.63) is 58.7 Å². The number of anilines is 1. The van der Waals surface area contributed by atoms with E-state index in [1.54, 1.807) is 18.9 Å². The van der Waals surface area contributed by atoms with Crippen molar-refractivity contribution in [3.8, 4) is 11.1 Å². The molecule has 0 radical (unpaired) electrons. The molecule has 214 valence electrons. The molecule has 0 aliphatic carbocycles. The monoisotopic (exact) mass is 572 g/mol. The van der Waals surface area contributed by atoms with Crippen LogP contribution < -0.4 is 10.6 Å². The molecule has 1 unspecified atom stereocenters. The summed E-state index contributed by atoms with van der Waals surface area (Å²) in [4.78, 5) is 36.3. The molecule has 1 amide bonds. The van der Waals surface area contributed by atoms with Crippen molar-refractivity contribution < 1.29 is 9.53 Å². The number of fused-ring (bicyclic) bond motifs is 1. The number of hydrogen-bond acceptors (Lipinski definition) is 7. The Kier molecular flexibility index (Phi) is 6.94. The molecule has 3 atom stereocenters. The normalized spacial score (nSPS) is 20.7. The lowest BCUT2D eigenvalue weighted by Crippen LogP contribution is -2.58. The van der Waals surface area contributed by atoms with Crippen molar-refractivity contribution in [3.63, 3.8) is 0 Å². The lowest BCUT2D eigenvalue weighted by Gasteiger charge is -2.45. The van der Waals surface area contributed by atoms with Crippen molar-refractivity contribution in [2.75, 3.05) is 37.5 Å². The van der Waals surface area contributed by atoms with Crippen molar-refractivity contribution >= 4 is 45.3 Å². The number of carbonyl (C=O) groups excluding carboxylic acids is 1. The van der Waals surface area contributed by atoms with E-state index in [1.165, 1.54) is 6.08 Å². The number of hydrogen-bond donors (Lipinski definition) is 0. The number of nitrogens with zero attached hydrogens (tertiary/aromatic N) is 6. The van der Waals surface area contributed by atoms with Crippen LogP contribution in [0.15, 0.2) is 46.7 Å². The molecule has 1 fully saturated rings. The van der Waals surface area contributed by atoms with E-state index < -0.39 is 0 Å². The molecule has 2 aromatic heterocycles. The van der Waals surface area contributed by atoms with E-state index in [4.69, 9.17) is 9.72 Å². The molecule has 2 aliphatic rings. The second-order valence-electron chi connectivity index (χ2n) is 11.3. The summed E-state index contributed by atoms with van der Waals surface area (Å²) in [6.45, 7) is 13.6. The van der Waals surface area contributed by atoms with Crippen LogP contribution in [0.25, 0.3) is 32.9 Å². The molecule has 4 heterocycles. The smallest absolute Gasteiger partial charge is 0.350 e. The Hall–Kier alpha value is -3.63. The average Bonchev–Trinajstić information content (AvgIpc) is 3.31. The van der Waals surface area contributed by atoms with Gasteiger partial charge in [0.2, 0.25) is 5.91 Å². The van der Waals surface area contributed by atoms with Gasteiger partial charge in [0.05, 0.1) is 29.9 Å². The van der Waals surface area contributed by atoms with Gasteiger partial charge in [-0.15, -0.1) is 11.8 Å². The van der Waals surface area contributed by atoms with Crippen LogP contribution in [-0.2, 0) is 16.6 Å². The number of ether oxygens (including phenoxy) is 1. The fourth-order valence-electron chi connectivity index (χ4n) is 6.81. The Labute approximate surface area is 243 Å². The third-order valence-corrected chi connectivity index (χ3v) is 9.73. The molecule has 41 heavy (non-hydrogen) atoms. The molecule has 2 aromatic carbocycles. The highest BCUT2D eigenvalue weighted by Gasteiger charge is 2.35. The lowest BCUT2D eigenvalue weighted by atomic mass is 9.92. The standard InChI is InChI=1S/C31H36N6O3S/c1-8-24(38)36-19(4)13-35(14-20(36)5)30-23-11-18(3)26(25-17(2)9-10-21-12-32-34(6)27(21)25)29-28(23)37(31(39)33-30)22(15-40-7)16-41-29/h8-12,19-20,22H,1,13-16H2,2-7H3/t19-,20+,22?. The van der Waals surface area contributed by atoms with Gasteiger partial charge in [-0.1, -0.05) is 18.7 Å². The third-order valence-electron chi connectivity index (χ3n) is 8.49. The number of methoxy groups -OCH3 is 1. The fourth-order valence-corrected chi connectivity index (χ4v) is 8.16. The Morgan fingerprint density at radius 3 is 2.56 bits per heavy atom. The van der Waals surface area contributed by atoms with Crippen molar-refractivity contribution in [1.82, 2.24) is 24.2 Å². The van der Waals surface area contributed by atoms with Crippen molar-refractivity contribution in [2.24, 2.45) is 7.05 Å². The molecule has 1 saturated heterocycles. The fraction of sp³-hybridized carbons (Fsp3) is 0.419. The predicted octanol–water partition coefficient (Wildman–Crippen LogP) is 4.47. The summed E-state index contributed by atoms with van der Waals surface area (Å²) >= 11 is 1.78. The molecular weight excluding hydrogens is 536 g/mol. The highest BCUT2D eigenvalue weighted by Crippen LogP contribution is 2.48. The molecule has 0 spiro atoms. The van der Waals surface area contributed by atoms with E-state index in [0.29, 0.717) is 31.3 Å². The molecule has 2 aliphatic heterocycles. The first kappa shape index (κ1) is 27.5. The van der Waals surface area contributed by atoms with Crippen LogP contribution >= 0.6 is 11.8 Å². The number of thioether (sulfide) groups is 1. The number of benzene rings is 2. The molecule has 4 aromatic rings. The number of carbonyl (C=O) groups is 1. The average molecular weight is 573 g/mol. The first-order valence-electron chi connectivity index (χ1n) is 14.0. The van der Waals surface area contributed by atoms with E-state index >= 15 is 0 Å². The minimum atomic E-state index is -0.272. The summed E-state index contributed by atoms with van der Waals surface area (Å²) in [7, 11) is 3.65. The second-order valence-corrected chi connectivity index (χ2v) is 12.3. The minimum Gasteiger partial charge on any atom is -0.383 e. The maximum absolute atomic E-state index is 13.9. The topological polar surface area (TPSA) is 85.5 Å². The number of amides is 1. The molecule has 6 rings (SSSR count). The Balaban J connectivity index is 1.63. The van der Waals surface area contributed by atoms with Gasteiger partial charge < -0.3 is 14.5 Å². The molecule has 9 nitrogen and oxygen atoms in total. The van der Waals surface area contributed by atoms with Crippen LogP contribution in [0.4, 0.5) is 5.82 Å². The molecule has 0 bridgehead atoms. The first-order valence-corrected chi connectivity index (χ1v) is 15.0. The summed E-state index contributed by atoms with van der Waals surface area (Å²) in [6.07, 6.45) is 3.28. The van der Waals surface area contributed by atoms with Crippen LogP contribution in [0.1, 0.15) is 31.0 Å². The summed E-state index contributed by atoms with van der Waals surface area (Å²) in [5, 5.41) is 6.59. The Bertz CT molecular complexity index is 1760. The SMILES string of the molecule is C=CC(=O)N1[C@H](C)CN(c2nc(=O)n3c4c(c(-c5c(C)ccc6cnn(C)c56)c(C)cc24)SCC3COC)C[C@@H]1C. The van der Waals surface area contributed by atoms with Crippen LogP contribution in [0.3, 0.4) is 0 Å². The first-order chi connectivity index (χ1) is 19.7. The zero-order chi connectivity index (χ0) is 29.2. The van der Waals surface area contributed by atoms with Gasteiger partial charge in [-0.05, 0) is 51.0 Å². The third kappa shape index (κ3) is 4.26. The number of piperazine rings is 1. The largest absolute Gasteiger partial charge is 0.383 e. The maximum Gasteiger partial charge on any atom is 0.350 e. The van der Waals surface area contributed by atoms with E-state index in [9.17, 15) is 9.59 Å². The quantitative estimate of drug-likeness (QED) is 0.326. The van der Waals surface area contributed by atoms with E-state index in [-0.39, 0.29) is 29.7 Å². The Morgan fingerprint density at radius 1 is 1.15 bits per heavy atom. The highest BCUT2D eigenvalue weighted by atomic mass is 32.2. The summed E-state index contributed by atoms with van der Waals surface area (Å²) < 4.78 is 9.34. The Morgan fingerprint density at radius 2 is 1.88 bits per heavy atom. The summed E-state index contributed by atoms with van der Waals surface area (Å²) in [6, 6.07) is 6.21. The lowest BCUT2D eigenvalue weighted by molar-refractivity contribution is -0.130. The number of aryl methyl sites for hydroxylation is 3. The van der Waals surface area contributed by atoms with Crippen LogP contribution in [0.2, 0.25) is 0 Å². The van der Waals surface area contributed by atoms with Gasteiger partial charge in [-0.3, -0.25) is 14.0 Å². The van der Waals surface area contributed by atoms with Crippen molar-refractivity contribution in [2.45, 2.75) is 50.7 Å². The summed E-state index contributed by atoms with van der Waals surface area (Å²) in [5.74, 6) is 1.31. The van der Waals surface area contributed by atoms with Crippen LogP contribution in [0.5, 0.6) is 0 Å². The van der Waals surface area contributed by atoms with Gasteiger partial charge in [0.1, 0.15) is 5.82 Å². The second kappa shape index (κ2) is 10.3. The van der Waals surface area contributed by atoms with Gasteiger partial charge in [0, 0.05) is 71.9 Å². The zero-order valence-electron chi connectivity index (χ0n) is 24.5. The van der Waals surface area contributed by atoms with Gasteiger partial charge in [0.25, 0.3) is 0 Å². The van der Waals surface area contributed by atoms with Crippen molar-refractivity contribution in [1.29, 1.82) is 0 Å². The minimum absolute atomic E-state index is 0.0583. The van der Waals surface area contributed by atoms with Gasteiger partial charge in [-0.2, -0.15) is 10.1 Å². The maximum atomic E-state index is 13.9. The molecule has 10 heteroatoms. The van der Waals surface area contributed by atoms with Crippen LogP contribution in [-0.4, -0.2) is 74.8 Å². The van der Waals surface area contributed by atoms with Gasteiger partial charge >= 0.3 is 5.69 Å². The van der Waals surface area contributed by atoms with E-state index in [0.717, 1.165) is 49.0 Å². The van der Waals surface area contributed by atoms with Crippen LogP contribution in [0, 0.1) is 13.8 Å². The van der Waals surface area contributed by atoms with E-state index in [2.05, 4.69) is 48.6 Å². The number of rotatable bonds is 5.